The maximum absolute atomic E-state index is 5.97. The normalized spacial score (nSPS) is 20.2. The number of piperidine rings is 1. The van der Waals surface area contributed by atoms with Gasteiger partial charge in [-0.05, 0) is 44.5 Å². The number of aliphatic imine (C=N–C) groups is 1. The lowest BCUT2D eigenvalue weighted by molar-refractivity contribution is 0.185. The first-order chi connectivity index (χ1) is 10.7. The van der Waals surface area contributed by atoms with Crippen LogP contribution in [-0.2, 0) is 12.0 Å². The Morgan fingerprint density at radius 3 is 2.77 bits per heavy atom. The highest BCUT2D eigenvalue weighted by atomic mass is 35.5. The van der Waals surface area contributed by atoms with Crippen LogP contribution in [0.5, 0.6) is 0 Å². The van der Waals surface area contributed by atoms with Gasteiger partial charge < -0.3 is 0 Å². The van der Waals surface area contributed by atoms with Gasteiger partial charge in [0.1, 0.15) is 9.34 Å². The van der Waals surface area contributed by atoms with E-state index in [1.54, 1.807) is 17.5 Å². The van der Waals surface area contributed by atoms with Crippen molar-refractivity contribution in [1.29, 1.82) is 0 Å². The van der Waals surface area contributed by atoms with Gasteiger partial charge in [-0.1, -0.05) is 29.8 Å². The molecule has 1 aromatic carbocycles. The van der Waals surface area contributed by atoms with Gasteiger partial charge in [-0.15, -0.1) is 11.3 Å². The van der Waals surface area contributed by atoms with E-state index in [0.29, 0.717) is 0 Å². The summed E-state index contributed by atoms with van der Waals surface area (Å²) in [7, 11) is 0. The van der Waals surface area contributed by atoms with Gasteiger partial charge in [-0.3, -0.25) is 9.89 Å². The minimum Gasteiger partial charge on any atom is -0.297 e. The zero-order chi connectivity index (χ0) is 15.2. The summed E-state index contributed by atoms with van der Waals surface area (Å²) in [6.45, 7) is 5.26. The number of benzene rings is 1. The number of thiazole rings is 1. The SMILES string of the molecule is CC1=Nc2ccccc2C12CCN(Cc1ncc(Cl)s1)CC2. The fourth-order valence-corrected chi connectivity index (χ4v) is 4.73. The molecule has 0 aliphatic carbocycles. The summed E-state index contributed by atoms with van der Waals surface area (Å²) < 4.78 is 0.774. The Kier molecular flexibility index (Phi) is 3.56. The molecule has 2 aromatic rings. The minimum atomic E-state index is 0.160. The van der Waals surface area contributed by atoms with Gasteiger partial charge in [0.15, 0.2) is 0 Å². The molecule has 0 atom stereocenters. The molecular weight excluding hydrogens is 314 g/mol. The Balaban J connectivity index is 1.51. The fourth-order valence-electron chi connectivity index (χ4n) is 3.73. The molecule has 3 heterocycles. The summed E-state index contributed by atoms with van der Waals surface area (Å²) in [5.41, 5.74) is 4.03. The van der Waals surface area contributed by atoms with Crippen LogP contribution in [0.1, 0.15) is 30.3 Å². The van der Waals surface area contributed by atoms with E-state index in [9.17, 15) is 0 Å². The van der Waals surface area contributed by atoms with Gasteiger partial charge in [0, 0.05) is 11.1 Å². The summed E-state index contributed by atoms with van der Waals surface area (Å²) in [4.78, 5) is 11.7. The lowest BCUT2D eigenvalue weighted by Crippen LogP contribution is -2.44. The van der Waals surface area contributed by atoms with E-state index in [0.717, 1.165) is 41.8 Å². The summed E-state index contributed by atoms with van der Waals surface area (Å²) in [6, 6.07) is 8.61. The van der Waals surface area contributed by atoms with Crippen LogP contribution in [0.3, 0.4) is 0 Å². The number of para-hydroxylation sites is 1. The number of nitrogens with zero attached hydrogens (tertiary/aromatic N) is 3. The molecule has 0 amide bonds. The molecule has 0 radical (unpaired) electrons. The Bertz CT molecular complexity index is 729. The first kappa shape index (κ1) is 14.4. The van der Waals surface area contributed by atoms with E-state index in [4.69, 9.17) is 16.6 Å². The summed E-state index contributed by atoms with van der Waals surface area (Å²) in [5.74, 6) is 0. The molecule has 22 heavy (non-hydrogen) atoms. The highest BCUT2D eigenvalue weighted by molar-refractivity contribution is 7.15. The largest absolute Gasteiger partial charge is 0.297 e. The Labute approximate surface area is 139 Å². The summed E-state index contributed by atoms with van der Waals surface area (Å²) >= 11 is 7.56. The van der Waals surface area contributed by atoms with Crippen molar-refractivity contribution < 1.29 is 0 Å². The van der Waals surface area contributed by atoms with Crippen molar-refractivity contribution in [3.05, 3.63) is 45.4 Å². The Morgan fingerprint density at radius 1 is 1.27 bits per heavy atom. The van der Waals surface area contributed by atoms with Crippen molar-refractivity contribution in [3.63, 3.8) is 0 Å². The second-order valence-corrected chi connectivity index (χ2v) is 7.88. The van der Waals surface area contributed by atoms with Crippen molar-refractivity contribution >= 4 is 34.3 Å². The number of likely N-dealkylation sites (tertiary alicyclic amines) is 1. The van der Waals surface area contributed by atoms with Crippen molar-refractivity contribution in [3.8, 4) is 0 Å². The number of hydrogen-bond donors (Lipinski definition) is 0. The number of rotatable bonds is 2. The zero-order valence-corrected chi connectivity index (χ0v) is 14.1. The van der Waals surface area contributed by atoms with Crippen LogP contribution in [-0.4, -0.2) is 28.7 Å². The predicted octanol–water partition coefficient (Wildman–Crippen LogP) is 4.44. The number of halogens is 1. The maximum Gasteiger partial charge on any atom is 0.113 e. The lowest BCUT2D eigenvalue weighted by Gasteiger charge is -2.40. The van der Waals surface area contributed by atoms with E-state index in [1.807, 2.05) is 0 Å². The van der Waals surface area contributed by atoms with Crippen molar-refractivity contribution in [1.82, 2.24) is 9.88 Å². The first-order valence-corrected chi connectivity index (χ1v) is 8.85. The quantitative estimate of drug-likeness (QED) is 0.814. The van der Waals surface area contributed by atoms with Crippen LogP contribution in [0.4, 0.5) is 5.69 Å². The minimum absolute atomic E-state index is 0.160. The zero-order valence-electron chi connectivity index (χ0n) is 12.6. The van der Waals surface area contributed by atoms with E-state index < -0.39 is 0 Å². The van der Waals surface area contributed by atoms with Crippen LogP contribution in [0.25, 0.3) is 0 Å². The monoisotopic (exact) mass is 331 g/mol. The Hall–Kier alpha value is -1.23. The van der Waals surface area contributed by atoms with Crippen LogP contribution < -0.4 is 0 Å². The number of fused-ring (bicyclic) bond motifs is 2. The summed E-state index contributed by atoms with van der Waals surface area (Å²) in [6.07, 6.45) is 4.02. The van der Waals surface area contributed by atoms with Crippen molar-refractivity contribution in [2.45, 2.75) is 31.7 Å². The third kappa shape index (κ3) is 2.30. The molecule has 2 aliphatic rings. The van der Waals surface area contributed by atoms with Crippen LogP contribution >= 0.6 is 22.9 Å². The standard InChI is InChI=1S/C17H18ClN3S/c1-12-17(13-4-2-3-5-14(13)20-12)6-8-21(9-7-17)11-16-19-10-15(18)22-16/h2-5,10H,6-9,11H2,1H3. The van der Waals surface area contributed by atoms with Crippen molar-refractivity contribution in [2.75, 3.05) is 13.1 Å². The summed E-state index contributed by atoms with van der Waals surface area (Å²) in [5, 5.41) is 1.11. The maximum atomic E-state index is 5.97. The van der Waals surface area contributed by atoms with Crippen LogP contribution in [0.15, 0.2) is 35.5 Å². The van der Waals surface area contributed by atoms with E-state index in [-0.39, 0.29) is 5.41 Å². The second kappa shape index (κ2) is 5.44. The molecule has 1 saturated heterocycles. The van der Waals surface area contributed by atoms with Gasteiger partial charge in [0.2, 0.25) is 0 Å². The van der Waals surface area contributed by atoms with E-state index >= 15 is 0 Å². The third-order valence-electron chi connectivity index (χ3n) is 4.99. The van der Waals surface area contributed by atoms with Gasteiger partial charge in [0.25, 0.3) is 0 Å². The predicted molar refractivity (Wildman–Crippen MR) is 92.5 cm³/mol. The molecule has 2 aliphatic heterocycles. The molecule has 114 valence electrons. The highest BCUT2D eigenvalue weighted by Crippen LogP contribution is 2.46. The second-order valence-electron chi connectivity index (χ2n) is 6.13. The molecule has 4 rings (SSSR count). The highest BCUT2D eigenvalue weighted by Gasteiger charge is 2.43. The molecule has 3 nitrogen and oxygen atoms in total. The van der Waals surface area contributed by atoms with Crippen molar-refractivity contribution in [2.24, 2.45) is 4.99 Å². The molecule has 0 bridgehead atoms. The van der Waals surface area contributed by atoms with Gasteiger partial charge in [-0.2, -0.15) is 0 Å². The van der Waals surface area contributed by atoms with Gasteiger partial charge in [-0.25, -0.2) is 4.98 Å². The molecule has 0 N–H and O–H groups in total. The van der Waals surface area contributed by atoms with Gasteiger partial charge >= 0.3 is 0 Å². The third-order valence-corrected chi connectivity index (χ3v) is 6.09. The molecule has 0 unspecified atom stereocenters. The average Bonchev–Trinajstić information content (AvgIpc) is 3.04. The van der Waals surface area contributed by atoms with E-state index in [2.05, 4.69) is 41.1 Å². The molecular formula is C17H18ClN3S. The Morgan fingerprint density at radius 2 is 2.05 bits per heavy atom. The first-order valence-electron chi connectivity index (χ1n) is 7.65. The van der Waals surface area contributed by atoms with Gasteiger partial charge in [0.05, 0.1) is 18.4 Å². The number of hydrogen-bond acceptors (Lipinski definition) is 4. The molecule has 1 fully saturated rings. The molecule has 5 heteroatoms. The van der Waals surface area contributed by atoms with E-state index in [1.165, 1.54) is 17.0 Å². The molecule has 0 saturated carbocycles. The topological polar surface area (TPSA) is 28.5 Å². The lowest BCUT2D eigenvalue weighted by atomic mass is 9.71. The smallest absolute Gasteiger partial charge is 0.113 e. The average molecular weight is 332 g/mol. The van der Waals surface area contributed by atoms with Crippen LogP contribution in [0, 0.1) is 0 Å². The molecule has 1 aromatic heterocycles. The fraction of sp³-hybridized carbons (Fsp3) is 0.412. The van der Waals surface area contributed by atoms with Crippen LogP contribution in [0.2, 0.25) is 4.34 Å². The molecule has 1 spiro atoms. The number of aromatic nitrogens is 1.